The van der Waals surface area contributed by atoms with Crippen LogP contribution < -0.4 is 10.2 Å². The van der Waals surface area contributed by atoms with E-state index in [9.17, 15) is 4.79 Å². The van der Waals surface area contributed by atoms with Gasteiger partial charge in [-0.15, -0.1) is 0 Å². The lowest BCUT2D eigenvalue weighted by molar-refractivity contribution is -0.907. The zero-order valence-electron chi connectivity index (χ0n) is 12.6. The van der Waals surface area contributed by atoms with Crippen LogP contribution >= 0.6 is 23.2 Å². The Hall–Kier alpha value is -1.55. The van der Waals surface area contributed by atoms with Crippen LogP contribution in [0, 0.1) is 0 Å². The van der Waals surface area contributed by atoms with E-state index in [0.717, 1.165) is 11.4 Å². The van der Waals surface area contributed by atoms with Crippen LogP contribution in [0.3, 0.4) is 0 Å². The van der Waals surface area contributed by atoms with Crippen molar-refractivity contribution in [3.63, 3.8) is 0 Å². The summed E-state index contributed by atoms with van der Waals surface area (Å²) < 4.78 is 0. The lowest BCUT2D eigenvalue weighted by Crippen LogP contribution is -3.12. The van der Waals surface area contributed by atoms with Crippen LogP contribution in [0.4, 0.5) is 5.69 Å². The van der Waals surface area contributed by atoms with Crippen molar-refractivity contribution in [2.45, 2.75) is 19.5 Å². The van der Waals surface area contributed by atoms with Gasteiger partial charge >= 0.3 is 0 Å². The minimum absolute atomic E-state index is 0.108. The Morgan fingerprint density at radius 3 is 2.27 bits per heavy atom. The SMILES string of the molecule is C[C@H](C(=O)Nc1c(Cl)cccc1Cl)[NH+](C)Cc1ccccc1. The average molecular weight is 338 g/mol. The second-order valence-corrected chi connectivity index (χ2v) is 6.13. The summed E-state index contributed by atoms with van der Waals surface area (Å²) >= 11 is 12.2. The molecule has 0 fully saturated rings. The third-order valence-corrected chi connectivity index (χ3v) is 4.30. The van der Waals surface area contributed by atoms with Crippen molar-refractivity contribution in [1.82, 2.24) is 0 Å². The first-order valence-corrected chi connectivity index (χ1v) is 7.85. The summed E-state index contributed by atoms with van der Waals surface area (Å²) in [6, 6.07) is 15.0. The van der Waals surface area contributed by atoms with Gasteiger partial charge in [0.1, 0.15) is 6.54 Å². The summed E-state index contributed by atoms with van der Waals surface area (Å²) in [6.45, 7) is 2.66. The highest BCUT2D eigenvalue weighted by Crippen LogP contribution is 2.29. The van der Waals surface area contributed by atoms with Crippen molar-refractivity contribution in [1.29, 1.82) is 0 Å². The molecule has 0 bridgehead atoms. The van der Waals surface area contributed by atoms with Gasteiger partial charge < -0.3 is 10.2 Å². The fourth-order valence-corrected chi connectivity index (χ4v) is 2.64. The van der Waals surface area contributed by atoms with Gasteiger partial charge in [0.25, 0.3) is 5.91 Å². The molecule has 2 atom stereocenters. The largest absolute Gasteiger partial charge is 0.324 e. The maximum atomic E-state index is 12.4. The zero-order chi connectivity index (χ0) is 16.1. The molecule has 0 aliphatic carbocycles. The molecule has 116 valence electrons. The molecular weight excluding hydrogens is 319 g/mol. The topological polar surface area (TPSA) is 33.5 Å². The van der Waals surface area contributed by atoms with Crippen molar-refractivity contribution in [2.75, 3.05) is 12.4 Å². The molecule has 1 amide bonds. The zero-order valence-corrected chi connectivity index (χ0v) is 14.1. The number of nitrogens with one attached hydrogen (secondary N) is 2. The molecule has 0 saturated heterocycles. The Bertz CT molecular complexity index is 626. The molecule has 0 aliphatic rings. The molecule has 0 heterocycles. The fraction of sp³-hybridized carbons (Fsp3) is 0.235. The first-order chi connectivity index (χ1) is 10.5. The predicted molar refractivity (Wildman–Crippen MR) is 91.6 cm³/mol. The lowest BCUT2D eigenvalue weighted by Gasteiger charge is -2.21. The molecule has 5 heteroatoms. The number of anilines is 1. The van der Waals surface area contributed by atoms with Gasteiger partial charge in [0, 0.05) is 5.56 Å². The Kier molecular flexibility index (Phi) is 5.83. The van der Waals surface area contributed by atoms with Crippen molar-refractivity contribution >= 4 is 34.8 Å². The Morgan fingerprint density at radius 2 is 1.68 bits per heavy atom. The molecule has 3 nitrogen and oxygen atoms in total. The van der Waals surface area contributed by atoms with Crippen LogP contribution in [0.2, 0.25) is 10.0 Å². The van der Waals surface area contributed by atoms with Gasteiger partial charge in [0.05, 0.1) is 22.8 Å². The van der Waals surface area contributed by atoms with E-state index in [4.69, 9.17) is 23.2 Å². The van der Waals surface area contributed by atoms with E-state index < -0.39 is 0 Å². The maximum absolute atomic E-state index is 12.4. The van der Waals surface area contributed by atoms with Crippen molar-refractivity contribution in [2.24, 2.45) is 0 Å². The van der Waals surface area contributed by atoms with Crippen molar-refractivity contribution in [3.8, 4) is 0 Å². The second-order valence-electron chi connectivity index (χ2n) is 5.32. The van der Waals surface area contributed by atoms with E-state index in [-0.39, 0.29) is 11.9 Å². The minimum Gasteiger partial charge on any atom is -0.324 e. The molecule has 0 radical (unpaired) electrons. The normalized spacial score (nSPS) is 13.5. The molecule has 0 aliphatic heterocycles. The van der Waals surface area contributed by atoms with Crippen LogP contribution in [-0.2, 0) is 11.3 Å². The molecular formula is C17H19Cl2N2O+. The predicted octanol–water partition coefficient (Wildman–Crippen LogP) is 3.04. The highest BCUT2D eigenvalue weighted by atomic mass is 35.5. The number of quaternary nitrogens is 1. The van der Waals surface area contributed by atoms with E-state index in [1.165, 1.54) is 5.56 Å². The third kappa shape index (κ3) is 4.23. The Morgan fingerprint density at radius 1 is 1.09 bits per heavy atom. The standard InChI is InChI=1S/C17H18Cl2N2O/c1-12(21(2)11-13-7-4-3-5-8-13)17(22)20-16-14(18)9-6-10-15(16)19/h3-10,12H,11H2,1-2H3,(H,20,22)/p+1/t12-/m1/s1. The molecule has 22 heavy (non-hydrogen) atoms. The minimum atomic E-state index is -0.229. The van der Waals surface area contributed by atoms with E-state index in [1.807, 2.05) is 32.2 Å². The number of para-hydroxylation sites is 1. The average Bonchev–Trinajstić information content (AvgIpc) is 2.51. The van der Waals surface area contributed by atoms with Crippen molar-refractivity contribution < 1.29 is 9.69 Å². The summed E-state index contributed by atoms with van der Waals surface area (Å²) in [7, 11) is 1.99. The van der Waals surface area contributed by atoms with E-state index in [0.29, 0.717) is 15.7 Å². The number of carbonyl (C=O) groups excluding carboxylic acids is 1. The van der Waals surface area contributed by atoms with E-state index >= 15 is 0 Å². The second kappa shape index (κ2) is 7.63. The molecule has 0 spiro atoms. The Balaban J connectivity index is 2.03. The third-order valence-electron chi connectivity index (χ3n) is 3.67. The maximum Gasteiger partial charge on any atom is 0.282 e. The molecule has 2 aromatic carbocycles. The Labute approximate surface area is 140 Å². The molecule has 1 unspecified atom stereocenters. The number of hydrogen-bond donors (Lipinski definition) is 2. The number of likely N-dealkylation sites (N-methyl/N-ethyl adjacent to an activating group) is 1. The summed E-state index contributed by atoms with van der Waals surface area (Å²) in [6.07, 6.45) is 0. The summed E-state index contributed by atoms with van der Waals surface area (Å²) in [4.78, 5) is 13.5. The van der Waals surface area contributed by atoms with Gasteiger partial charge in [0.15, 0.2) is 6.04 Å². The molecule has 2 aromatic rings. The van der Waals surface area contributed by atoms with E-state index in [1.54, 1.807) is 18.2 Å². The number of carbonyl (C=O) groups is 1. The van der Waals surface area contributed by atoms with Gasteiger partial charge in [-0.1, -0.05) is 59.6 Å². The first-order valence-electron chi connectivity index (χ1n) is 7.10. The first kappa shape index (κ1) is 16.8. The van der Waals surface area contributed by atoms with Gasteiger partial charge in [0.2, 0.25) is 0 Å². The van der Waals surface area contributed by atoms with Gasteiger partial charge in [-0.3, -0.25) is 4.79 Å². The monoisotopic (exact) mass is 337 g/mol. The number of hydrogen-bond acceptors (Lipinski definition) is 1. The lowest BCUT2D eigenvalue weighted by atomic mass is 10.2. The van der Waals surface area contributed by atoms with Crippen LogP contribution in [0.5, 0.6) is 0 Å². The highest BCUT2D eigenvalue weighted by Gasteiger charge is 2.23. The smallest absolute Gasteiger partial charge is 0.282 e. The van der Waals surface area contributed by atoms with Crippen LogP contribution in [-0.4, -0.2) is 19.0 Å². The number of halogens is 2. The number of amides is 1. The quantitative estimate of drug-likeness (QED) is 0.863. The van der Waals surface area contributed by atoms with Crippen molar-refractivity contribution in [3.05, 3.63) is 64.1 Å². The van der Waals surface area contributed by atoms with Crippen LogP contribution in [0.15, 0.2) is 48.5 Å². The summed E-state index contributed by atoms with van der Waals surface area (Å²) in [5.41, 5.74) is 1.66. The summed E-state index contributed by atoms with van der Waals surface area (Å²) in [5.74, 6) is -0.108. The fourth-order valence-electron chi connectivity index (χ4n) is 2.14. The molecule has 0 saturated carbocycles. The summed E-state index contributed by atoms with van der Waals surface area (Å²) in [5, 5.41) is 3.70. The van der Waals surface area contributed by atoms with Gasteiger partial charge in [-0.05, 0) is 19.1 Å². The highest BCUT2D eigenvalue weighted by molar-refractivity contribution is 6.39. The number of benzene rings is 2. The van der Waals surface area contributed by atoms with Gasteiger partial charge in [-0.2, -0.15) is 0 Å². The van der Waals surface area contributed by atoms with E-state index in [2.05, 4.69) is 17.4 Å². The molecule has 0 aromatic heterocycles. The number of rotatable bonds is 5. The van der Waals surface area contributed by atoms with Crippen LogP contribution in [0.25, 0.3) is 0 Å². The van der Waals surface area contributed by atoms with Crippen LogP contribution in [0.1, 0.15) is 12.5 Å². The van der Waals surface area contributed by atoms with Gasteiger partial charge in [-0.25, -0.2) is 0 Å². The molecule has 2 N–H and O–H groups in total. The molecule has 2 rings (SSSR count).